The summed E-state index contributed by atoms with van der Waals surface area (Å²) in [5, 5.41) is -0.374. The maximum atomic E-state index is 10.7. The fourth-order valence-corrected chi connectivity index (χ4v) is 1.83. The second-order valence-electron chi connectivity index (χ2n) is 3.68. The first-order valence-corrected chi connectivity index (χ1v) is 6.46. The topological polar surface area (TPSA) is 67.5 Å². The Bertz CT molecular complexity index is 405. The predicted molar refractivity (Wildman–Crippen MR) is 56.5 cm³/mol. The van der Waals surface area contributed by atoms with Gasteiger partial charge in [0.1, 0.15) is 5.76 Å². The van der Waals surface area contributed by atoms with Crippen LogP contribution >= 0.6 is 0 Å². The Hall–Kier alpha value is -0.810. The van der Waals surface area contributed by atoms with E-state index in [2.05, 4.69) is 6.92 Å². The molecule has 1 aromatic heterocycles. The quantitative estimate of drug-likeness (QED) is 0.793. The molecule has 0 bridgehead atoms. The molecule has 0 spiro atoms. The lowest BCUT2D eigenvalue weighted by atomic mass is 10.0. The van der Waals surface area contributed by atoms with Crippen LogP contribution in [0.1, 0.15) is 44.8 Å². The first kappa shape index (κ1) is 12.3. The van der Waals surface area contributed by atoms with Crippen molar-refractivity contribution >= 4 is 10.1 Å². The van der Waals surface area contributed by atoms with Crippen LogP contribution < -0.4 is 0 Å². The molecule has 1 heterocycles. The molecular weight excluding hydrogens is 216 g/mol. The van der Waals surface area contributed by atoms with Crippen molar-refractivity contribution in [3.63, 3.8) is 0 Å². The average molecular weight is 232 g/mol. The van der Waals surface area contributed by atoms with Gasteiger partial charge in [-0.3, -0.25) is 4.55 Å². The zero-order valence-corrected chi connectivity index (χ0v) is 9.75. The molecule has 1 rings (SSSR count). The molecule has 86 valence electrons. The third-order valence-electron chi connectivity index (χ3n) is 2.33. The van der Waals surface area contributed by atoms with Crippen LogP contribution in [-0.4, -0.2) is 13.0 Å². The molecule has 0 saturated carbocycles. The van der Waals surface area contributed by atoms with E-state index in [1.165, 1.54) is 6.07 Å². The third kappa shape index (κ3) is 3.35. The first-order chi connectivity index (χ1) is 6.95. The van der Waals surface area contributed by atoms with E-state index in [4.69, 9.17) is 8.97 Å². The van der Waals surface area contributed by atoms with Crippen molar-refractivity contribution in [2.45, 2.75) is 44.1 Å². The van der Waals surface area contributed by atoms with Crippen molar-refractivity contribution in [2.24, 2.45) is 0 Å². The van der Waals surface area contributed by atoms with E-state index in [0.29, 0.717) is 5.76 Å². The highest BCUT2D eigenvalue weighted by atomic mass is 32.2. The fraction of sp³-hybridized carbons (Fsp3) is 0.600. The maximum absolute atomic E-state index is 10.7. The molecule has 0 aliphatic heterocycles. The highest BCUT2D eigenvalue weighted by molar-refractivity contribution is 7.85. The number of furan rings is 1. The standard InChI is InChI=1S/C10H16O4S/c1-3-4-5-8(2)9-6-7-10(14-9)15(11,12)13/h6-8H,3-5H2,1-2H3,(H,11,12,13). The number of rotatable bonds is 5. The molecule has 0 aliphatic rings. The van der Waals surface area contributed by atoms with E-state index < -0.39 is 10.1 Å². The first-order valence-electron chi connectivity index (χ1n) is 5.02. The zero-order valence-electron chi connectivity index (χ0n) is 8.93. The maximum Gasteiger partial charge on any atom is 0.328 e. The van der Waals surface area contributed by atoms with Crippen molar-refractivity contribution in [2.75, 3.05) is 0 Å². The molecule has 15 heavy (non-hydrogen) atoms. The monoisotopic (exact) mass is 232 g/mol. The second-order valence-corrected chi connectivity index (χ2v) is 5.03. The second kappa shape index (κ2) is 4.81. The molecule has 0 fully saturated rings. The van der Waals surface area contributed by atoms with E-state index in [1.54, 1.807) is 6.07 Å². The zero-order chi connectivity index (χ0) is 11.5. The van der Waals surface area contributed by atoms with Crippen LogP contribution in [0.5, 0.6) is 0 Å². The summed E-state index contributed by atoms with van der Waals surface area (Å²) in [6.07, 6.45) is 3.12. The Morgan fingerprint density at radius 1 is 1.47 bits per heavy atom. The van der Waals surface area contributed by atoms with Gasteiger partial charge in [0.2, 0.25) is 5.09 Å². The molecule has 0 amide bonds. The molecule has 1 unspecified atom stereocenters. The predicted octanol–water partition coefficient (Wildman–Crippen LogP) is 2.82. The van der Waals surface area contributed by atoms with Crippen LogP contribution in [-0.2, 0) is 10.1 Å². The van der Waals surface area contributed by atoms with Gasteiger partial charge in [0, 0.05) is 5.92 Å². The summed E-state index contributed by atoms with van der Waals surface area (Å²) in [6.45, 7) is 4.07. The van der Waals surface area contributed by atoms with E-state index in [1.807, 2.05) is 6.92 Å². The summed E-state index contributed by atoms with van der Waals surface area (Å²) in [5.41, 5.74) is 0. The van der Waals surface area contributed by atoms with Crippen molar-refractivity contribution < 1.29 is 17.4 Å². The molecule has 1 atom stereocenters. The summed E-state index contributed by atoms with van der Waals surface area (Å²) < 4.78 is 35.3. The lowest BCUT2D eigenvalue weighted by Gasteiger charge is -2.06. The molecule has 1 aromatic rings. The fourth-order valence-electron chi connectivity index (χ4n) is 1.39. The Labute approximate surface area is 90.0 Å². The molecule has 4 nitrogen and oxygen atoms in total. The van der Waals surface area contributed by atoms with Gasteiger partial charge >= 0.3 is 10.1 Å². The largest absolute Gasteiger partial charge is 0.447 e. The van der Waals surface area contributed by atoms with Gasteiger partial charge in [-0.15, -0.1) is 0 Å². The van der Waals surface area contributed by atoms with Gasteiger partial charge in [0.25, 0.3) is 0 Å². The van der Waals surface area contributed by atoms with E-state index in [-0.39, 0.29) is 11.0 Å². The van der Waals surface area contributed by atoms with Gasteiger partial charge in [0.05, 0.1) is 0 Å². The van der Waals surface area contributed by atoms with Gasteiger partial charge in [-0.1, -0.05) is 26.7 Å². The van der Waals surface area contributed by atoms with Gasteiger partial charge in [-0.25, -0.2) is 0 Å². The van der Waals surface area contributed by atoms with Crippen molar-refractivity contribution in [1.82, 2.24) is 0 Å². The van der Waals surface area contributed by atoms with Crippen LogP contribution in [0.2, 0.25) is 0 Å². The smallest absolute Gasteiger partial charge is 0.328 e. The molecule has 0 saturated heterocycles. The highest BCUT2D eigenvalue weighted by Crippen LogP contribution is 2.25. The van der Waals surface area contributed by atoms with Crippen LogP contribution in [0.15, 0.2) is 21.6 Å². The molecule has 0 radical (unpaired) electrons. The SMILES string of the molecule is CCCCC(C)c1ccc(S(=O)(=O)O)o1. The lowest BCUT2D eigenvalue weighted by Crippen LogP contribution is -1.95. The van der Waals surface area contributed by atoms with E-state index in [0.717, 1.165) is 19.3 Å². The van der Waals surface area contributed by atoms with Gasteiger partial charge < -0.3 is 4.42 Å². The summed E-state index contributed by atoms with van der Waals surface area (Å²) in [4.78, 5) is 0. The molecule has 1 N–H and O–H groups in total. The van der Waals surface area contributed by atoms with Crippen molar-refractivity contribution in [1.29, 1.82) is 0 Å². The Balaban J connectivity index is 2.76. The molecule has 0 aliphatic carbocycles. The molecule has 5 heteroatoms. The third-order valence-corrected chi connectivity index (χ3v) is 3.06. The number of hydrogen-bond acceptors (Lipinski definition) is 3. The summed E-state index contributed by atoms with van der Waals surface area (Å²) in [6, 6.07) is 2.89. The van der Waals surface area contributed by atoms with Crippen molar-refractivity contribution in [3.8, 4) is 0 Å². The summed E-state index contributed by atoms with van der Waals surface area (Å²) in [5.74, 6) is 0.788. The molecular formula is C10H16O4S. The Kier molecular flexibility index (Phi) is 3.93. The Morgan fingerprint density at radius 2 is 2.13 bits per heavy atom. The lowest BCUT2D eigenvalue weighted by molar-refractivity contribution is 0.365. The van der Waals surface area contributed by atoms with E-state index in [9.17, 15) is 8.42 Å². The number of unbranched alkanes of at least 4 members (excludes halogenated alkanes) is 1. The highest BCUT2D eigenvalue weighted by Gasteiger charge is 2.17. The minimum Gasteiger partial charge on any atom is -0.447 e. The molecule has 0 aromatic carbocycles. The van der Waals surface area contributed by atoms with Crippen LogP contribution in [0.4, 0.5) is 0 Å². The van der Waals surface area contributed by atoms with E-state index >= 15 is 0 Å². The Morgan fingerprint density at radius 3 is 2.60 bits per heavy atom. The van der Waals surface area contributed by atoms with Gasteiger partial charge in [-0.2, -0.15) is 8.42 Å². The van der Waals surface area contributed by atoms with Crippen LogP contribution in [0, 0.1) is 0 Å². The normalized spacial score (nSPS) is 14.1. The van der Waals surface area contributed by atoms with Crippen LogP contribution in [0.25, 0.3) is 0 Å². The van der Waals surface area contributed by atoms with Crippen LogP contribution in [0.3, 0.4) is 0 Å². The minimum absolute atomic E-state index is 0.181. The van der Waals surface area contributed by atoms with Gasteiger partial charge in [0.15, 0.2) is 0 Å². The summed E-state index contributed by atoms with van der Waals surface area (Å²) >= 11 is 0. The average Bonchev–Trinajstić information content (AvgIpc) is 2.62. The minimum atomic E-state index is -4.20. The van der Waals surface area contributed by atoms with Gasteiger partial charge in [-0.05, 0) is 18.6 Å². The number of hydrogen-bond donors (Lipinski definition) is 1. The summed E-state index contributed by atoms with van der Waals surface area (Å²) in [7, 11) is -4.20. The van der Waals surface area contributed by atoms with Crippen molar-refractivity contribution in [3.05, 3.63) is 17.9 Å².